The number of anilines is 1. The van der Waals surface area contributed by atoms with Crippen LogP contribution in [0.25, 0.3) is 5.69 Å². The number of pyridine rings is 1. The Morgan fingerprint density at radius 2 is 2.00 bits per heavy atom. The van der Waals surface area contributed by atoms with Crippen molar-refractivity contribution in [3.8, 4) is 11.8 Å². The van der Waals surface area contributed by atoms with Crippen LogP contribution in [0.5, 0.6) is 0 Å². The minimum Gasteiger partial charge on any atom is -0.394 e. The molecule has 0 radical (unpaired) electrons. The van der Waals surface area contributed by atoms with E-state index in [9.17, 15) is 10.1 Å². The molecule has 1 saturated carbocycles. The Hall–Kier alpha value is -3.54. The summed E-state index contributed by atoms with van der Waals surface area (Å²) in [7, 11) is 0. The van der Waals surface area contributed by atoms with Crippen molar-refractivity contribution in [1.29, 1.82) is 5.26 Å². The normalized spacial score (nSPS) is 20.0. The fourth-order valence-electron chi connectivity index (χ4n) is 4.45. The maximum Gasteiger partial charge on any atom is 0.259 e. The van der Waals surface area contributed by atoms with Gasteiger partial charge in [0.25, 0.3) is 5.91 Å². The zero-order valence-electron chi connectivity index (χ0n) is 19.4. The Labute approximate surface area is 199 Å². The van der Waals surface area contributed by atoms with Crippen molar-refractivity contribution in [2.24, 2.45) is 5.92 Å². The molecule has 1 aliphatic carbocycles. The van der Waals surface area contributed by atoms with Crippen LogP contribution < -0.4 is 5.32 Å². The van der Waals surface area contributed by atoms with Gasteiger partial charge < -0.3 is 15.2 Å². The molecule has 0 aliphatic heterocycles. The van der Waals surface area contributed by atoms with E-state index in [-0.39, 0.29) is 37.1 Å². The zero-order valence-corrected chi connectivity index (χ0v) is 19.4. The summed E-state index contributed by atoms with van der Waals surface area (Å²) < 4.78 is 7.57. The summed E-state index contributed by atoms with van der Waals surface area (Å²) in [6.45, 7) is 4.12. The van der Waals surface area contributed by atoms with Crippen molar-refractivity contribution < 1.29 is 14.6 Å². The highest BCUT2D eigenvalue weighted by Gasteiger charge is 2.33. The highest BCUT2D eigenvalue weighted by atomic mass is 16.5. The number of carbonyl (C=O) groups is 1. The van der Waals surface area contributed by atoms with Crippen LogP contribution in [-0.4, -0.2) is 45.1 Å². The smallest absolute Gasteiger partial charge is 0.259 e. The summed E-state index contributed by atoms with van der Waals surface area (Å²) in [5.74, 6) is -0.310. The maximum atomic E-state index is 12.9. The number of amides is 1. The average molecular weight is 460 g/mol. The number of hydrogen-bond acceptors (Lipinski definition) is 6. The van der Waals surface area contributed by atoms with E-state index < -0.39 is 0 Å². The van der Waals surface area contributed by atoms with Crippen LogP contribution in [0.3, 0.4) is 0 Å². The third kappa shape index (κ3) is 5.16. The molecule has 1 fully saturated rings. The number of hydrogen-bond donors (Lipinski definition) is 2. The number of rotatable bonds is 7. The van der Waals surface area contributed by atoms with Gasteiger partial charge in [0.1, 0.15) is 0 Å². The molecule has 34 heavy (non-hydrogen) atoms. The molecule has 176 valence electrons. The van der Waals surface area contributed by atoms with Gasteiger partial charge in [-0.2, -0.15) is 10.4 Å². The van der Waals surface area contributed by atoms with Crippen LogP contribution >= 0.6 is 0 Å². The zero-order chi connectivity index (χ0) is 24.1. The molecule has 8 heteroatoms. The molecule has 1 aliphatic rings. The van der Waals surface area contributed by atoms with Gasteiger partial charge in [-0.25, -0.2) is 4.68 Å². The minimum atomic E-state index is -0.253. The number of aryl methyl sites for hydroxylation is 1. The minimum absolute atomic E-state index is 0.0234. The topological polar surface area (TPSA) is 113 Å². The number of nitrogens with one attached hydrogen (secondary N) is 1. The highest BCUT2D eigenvalue weighted by molar-refractivity contribution is 6.04. The average Bonchev–Trinajstić information content (AvgIpc) is 3.25. The molecule has 0 spiro atoms. The van der Waals surface area contributed by atoms with Crippen LogP contribution in [0.1, 0.15) is 52.5 Å². The molecule has 3 atom stereocenters. The number of ether oxygens (including phenoxy) is 1. The van der Waals surface area contributed by atoms with Gasteiger partial charge >= 0.3 is 0 Å². The molecule has 2 heterocycles. The Morgan fingerprint density at radius 1 is 1.21 bits per heavy atom. The van der Waals surface area contributed by atoms with Crippen molar-refractivity contribution in [2.45, 2.75) is 45.1 Å². The summed E-state index contributed by atoms with van der Waals surface area (Å²) in [6, 6.07) is 14.0. The first-order valence-corrected chi connectivity index (χ1v) is 11.5. The Bertz CT molecular complexity index is 1160. The fraction of sp³-hybridized carbons (Fsp3) is 0.385. The van der Waals surface area contributed by atoms with Gasteiger partial charge in [-0.15, -0.1) is 0 Å². The Morgan fingerprint density at radius 3 is 2.68 bits per heavy atom. The lowest BCUT2D eigenvalue weighted by atomic mass is 9.78. The van der Waals surface area contributed by atoms with Crippen molar-refractivity contribution >= 4 is 11.6 Å². The van der Waals surface area contributed by atoms with Gasteiger partial charge in [0.15, 0.2) is 0 Å². The lowest BCUT2D eigenvalue weighted by Gasteiger charge is -2.33. The molecule has 1 amide bonds. The molecule has 2 aromatic heterocycles. The summed E-state index contributed by atoms with van der Waals surface area (Å²) in [6.07, 6.45) is 5.33. The van der Waals surface area contributed by atoms with Gasteiger partial charge in [0.2, 0.25) is 0 Å². The van der Waals surface area contributed by atoms with E-state index in [1.807, 2.05) is 50.2 Å². The number of aromatic nitrogens is 3. The first-order valence-electron chi connectivity index (χ1n) is 11.5. The van der Waals surface area contributed by atoms with E-state index in [0.29, 0.717) is 17.7 Å². The Kier molecular flexibility index (Phi) is 7.36. The van der Waals surface area contributed by atoms with Gasteiger partial charge in [-0.1, -0.05) is 17.7 Å². The second-order valence-corrected chi connectivity index (χ2v) is 8.70. The largest absolute Gasteiger partial charge is 0.394 e. The lowest BCUT2D eigenvalue weighted by Crippen LogP contribution is -2.31. The van der Waals surface area contributed by atoms with Crippen molar-refractivity contribution in [2.75, 3.05) is 18.5 Å². The summed E-state index contributed by atoms with van der Waals surface area (Å²) in [4.78, 5) is 17.5. The third-order valence-electron chi connectivity index (χ3n) is 6.35. The molecular weight excluding hydrogens is 430 g/mol. The number of nitrogens with zero attached hydrogens (tertiary/aromatic N) is 4. The first-order chi connectivity index (χ1) is 16.5. The molecule has 1 aromatic carbocycles. The van der Waals surface area contributed by atoms with Crippen LogP contribution in [0.2, 0.25) is 0 Å². The molecule has 2 N–H and O–H groups in total. The summed E-state index contributed by atoms with van der Waals surface area (Å²) >= 11 is 0. The fourth-order valence-corrected chi connectivity index (χ4v) is 4.45. The van der Waals surface area contributed by atoms with Gasteiger partial charge in [0, 0.05) is 17.5 Å². The van der Waals surface area contributed by atoms with Gasteiger partial charge in [0.05, 0.1) is 60.4 Å². The number of carbonyl (C=O) groups excluding carboxylic acids is 1. The summed E-state index contributed by atoms with van der Waals surface area (Å²) in [5.41, 5.74) is 4.70. The lowest BCUT2D eigenvalue weighted by molar-refractivity contribution is -0.0101. The van der Waals surface area contributed by atoms with Crippen molar-refractivity contribution in [1.82, 2.24) is 14.8 Å². The van der Waals surface area contributed by atoms with E-state index in [1.165, 1.54) is 0 Å². The monoisotopic (exact) mass is 459 g/mol. The number of aliphatic hydroxyl groups excluding tert-OH is 1. The van der Waals surface area contributed by atoms with E-state index >= 15 is 0 Å². The molecule has 0 saturated heterocycles. The highest BCUT2D eigenvalue weighted by Crippen LogP contribution is 2.37. The number of nitriles is 1. The molecule has 3 aromatic rings. The van der Waals surface area contributed by atoms with Crippen LogP contribution in [0, 0.1) is 31.1 Å². The van der Waals surface area contributed by atoms with Crippen LogP contribution in [0.4, 0.5) is 5.69 Å². The molecular formula is C26H29N5O3. The Balaban J connectivity index is 1.46. The second kappa shape index (κ2) is 10.6. The number of benzene rings is 1. The maximum absolute atomic E-state index is 12.9. The molecule has 8 nitrogen and oxygen atoms in total. The van der Waals surface area contributed by atoms with E-state index in [0.717, 1.165) is 35.5 Å². The predicted octanol–water partition coefficient (Wildman–Crippen LogP) is 3.92. The second-order valence-electron chi connectivity index (χ2n) is 8.70. The van der Waals surface area contributed by atoms with Crippen LogP contribution in [0.15, 0.2) is 48.8 Å². The SMILES string of the molecule is Cc1ccc(-n2ncc(C(=O)Nc3ccc(C4CC(C#N)CCC4OCCO)nc3)c2C)cc1. The molecule has 0 bridgehead atoms. The van der Waals surface area contributed by atoms with Crippen molar-refractivity contribution in [3.05, 3.63) is 71.3 Å². The van der Waals surface area contributed by atoms with Crippen molar-refractivity contribution in [3.63, 3.8) is 0 Å². The molecule has 3 unspecified atom stereocenters. The predicted molar refractivity (Wildman–Crippen MR) is 128 cm³/mol. The van der Waals surface area contributed by atoms with E-state index in [4.69, 9.17) is 9.84 Å². The molecule has 4 rings (SSSR count). The first kappa shape index (κ1) is 23.6. The third-order valence-corrected chi connectivity index (χ3v) is 6.35. The summed E-state index contributed by atoms with van der Waals surface area (Å²) in [5, 5.41) is 25.8. The van der Waals surface area contributed by atoms with Gasteiger partial charge in [-0.05, 0) is 57.4 Å². The van der Waals surface area contributed by atoms with Crippen LogP contribution in [-0.2, 0) is 4.74 Å². The number of aliphatic hydroxyl groups is 1. The standard InChI is InChI=1S/C26H29N5O3/c1-17-3-7-21(8-4-17)31-18(2)23(16-29-31)26(33)30-20-6-9-24(28-15-20)22-13-19(14-27)5-10-25(22)34-12-11-32/h3-4,6-9,15-16,19,22,25,32H,5,10-13H2,1-2H3,(H,30,33). The van der Waals surface area contributed by atoms with E-state index in [2.05, 4.69) is 21.5 Å². The van der Waals surface area contributed by atoms with E-state index in [1.54, 1.807) is 17.1 Å². The quantitative estimate of drug-likeness (QED) is 0.554. The van der Waals surface area contributed by atoms with Gasteiger partial charge in [-0.3, -0.25) is 9.78 Å².